The van der Waals surface area contributed by atoms with E-state index in [1.807, 2.05) is 6.08 Å². The van der Waals surface area contributed by atoms with Crippen molar-refractivity contribution in [3.8, 4) is 18.2 Å². The van der Waals surface area contributed by atoms with E-state index in [0.717, 1.165) is 17.7 Å². The monoisotopic (exact) mass is 371 g/mol. The molecule has 0 radical (unpaired) electrons. The second-order valence-corrected chi connectivity index (χ2v) is 7.83. The van der Waals surface area contributed by atoms with Crippen molar-refractivity contribution in [2.45, 2.75) is 32.6 Å². The highest BCUT2D eigenvalue weighted by Crippen LogP contribution is 2.52. The summed E-state index contributed by atoms with van der Waals surface area (Å²) in [7, 11) is 0. The lowest BCUT2D eigenvalue weighted by Gasteiger charge is -2.45. The summed E-state index contributed by atoms with van der Waals surface area (Å²) in [6.07, 6.45) is 1.97. The van der Waals surface area contributed by atoms with Gasteiger partial charge in [0.1, 0.15) is 0 Å². The fourth-order valence-corrected chi connectivity index (χ4v) is 4.42. The SMILES string of the molecule is CCN1CC=C2[C@@H](C1)[C@@H](c1ccc(C(C)C)cc1)C(C#N)=C(N)C2(C#N)C#N. The number of likely N-dealkylation sites (N-methyl/N-ethyl adjacent to an activating group) is 1. The molecule has 0 fully saturated rings. The molecule has 1 aromatic rings. The van der Waals surface area contributed by atoms with Crippen molar-refractivity contribution < 1.29 is 0 Å². The Labute approximate surface area is 167 Å². The molecule has 2 aliphatic rings. The minimum Gasteiger partial charge on any atom is -0.399 e. The van der Waals surface area contributed by atoms with Gasteiger partial charge in [0.25, 0.3) is 0 Å². The molecular weight excluding hydrogens is 346 g/mol. The zero-order chi connectivity index (χ0) is 20.5. The molecule has 2 N–H and O–H groups in total. The molecule has 0 saturated heterocycles. The van der Waals surface area contributed by atoms with Gasteiger partial charge in [0.15, 0.2) is 0 Å². The maximum Gasteiger partial charge on any atom is 0.204 e. The summed E-state index contributed by atoms with van der Waals surface area (Å²) in [4.78, 5) is 2.26. The van der Waals surface area contributed by atoms with Gasteiger partial charge < -0.3 is 5.73 Å². The van der Waals surface area contributed by atoms with Crippen LogP contribution in [-0.4, -0.2) is 24.5 Å². The van der Waals surface area contributed by atoms with Gasteiger partial charge in [-0.05, 0) is 29.2 Å². The van der Waals surface area contributed by atoms with Crippen molar-refractivity contribution in [2.75, 3.05) is 19.6 Å². The first kappa shape index (κ1) is 19.7. The van der Waals surface area contributed by atoms with E-state index in [9.17, 15) is 15.8 Å². The number of benzene rings is 1. The third kappa shape index (κ3) is 2.88. The minimum absolute atomic E-state index is 0.0883. The molecule has 142 valence electrons. The molecule has 2 atom stereocenters. The van der Waals surface area contributed by atoms with E-state index in [-0.39, 0.29) is 17.5 Å². The molecule has 28 heavy (non-hydrogen) atoms. The first-order chi connectivity index (χ1) is 13.4. The van der Waals surface area contributed by atoms with Crippen molar-refractivity contribution in [3.63, 3.8) is 0 Å². The Balaban J connectivity index is 2.23. The minimum atomic E-state index is -1.55. The molecule has 0 spiro atoms. The van der Waals surface area contributed by atoms with Crippen LogP contribution in [0.5, 0.6) is 0 Å². The molecule has 5 heteroatoms. The number of hydrogen-bond acceptors (Lipinski definition) is 5. The van der Waals surface area contributed by atoms with Crippen LogP contribution in [0.4, 0.5) is 0 Å². The number of hydrogen-bond donors (Lipinski definition) is 1. The molecule has 0 aromatic heterocycles. The molecular formula is C23H25N5. The fourth-order valence-electron chi connectivity index (χ4n) is 4.42. The van der Waals surface area contributed by atoms with Crippen LogP contribution in [0, 0.1) is 45.3 Å². The van der Waals surface area contributed by atoms with Gasteiger partial charge in [0.05, 0.1) is 29.5 Å². The summed E-state index contributed by atoms with van der Waals surface area (Å²) in [5.74, 6) is 0.0449. The van der Waals surface area contributed by atoms with Crippen LogP contribution < -0.4 is 5.73 Å². The number of fused-ring (bicyclic) bond motifs is 1. The molecule has 1 aromatic carbocycles. The quantitative estimate of drug-likeness (QED) is 0.819. The lowest BCUT2D eigenvalue weighted by atomic mass is 9.60. The fraction of sp³-hybridized carbons (Fsp3) is 0.435. The summed E-state index contributed by atoms with van der Waals surface area (Å²) in [6, 6.07) is 14.8. The molecule has 3 rings (SSSR count). The number of nitriles is 3. The Kier molecular flexibility index (Phi) is 5.28. The first-order valence-electron chi connectivity index (χ1n) is 9.68. The number of allylic oxidation sites excluding steroid dienone is 2. The van der Waals surface area contributed by atoms with Gasteiger partial charge in [0, 0.05) is 24.9 Å². The van der Waals surface area contributed by atoms with Crippen molar-refractivity contribution >= 4 is 0 Å². The van der Waals surface area contributed by atoms with Gasteiger partial charge in [-0.3, -0.25) is 4.90 Å². The Morgan fingerprint density at radius 3 is 2.32 bits per heavy atom. The smallest absolute Gasteiger partial charge is 0.204 e. The zero-order valence-electron chi connectivity index (χ0n) is 16.6. The Hall–Kier alpha value is -3.07. The van der Waals surface area contributed by atoms with E-state index < -0.39 is 5.41 Å². The Morgan fingerprint density at radius 2 is 1.82 bits per heavy atom. The van der Waals surface area contributed by atoms with Crippen LogP contribution in [0.1, 0.15) is 43.7 Å². The molecule has 1 heterocycles. The van der Waals surface area contributed by atoms with E-state index in [4.69, 9.17) is 5.73 Å². The van der Waals surface area contributed by atoms with E-state index in [1.54, 1.807) is 0 Å². The molecule has 1 aliphatic heterocycles. The average molecular weight is 371 g/mol. The topological polar surface area (TPSA) is 101 Å². The average Bonchev–Trinajstić information content (AvgIpc) is 2.73. The van der Waals surface area contributed by atoms with E-state index in [2.05, 4.69) is 68.1 Å². The van der Waals surface area contributed by atoms with Crippen LogP contribution >= 0.6 is 0 Å². The van der Waals surface area contributed by atoms with Crippen molar-refractivity contribution in [1.29, 1.82) is 15.8 Å². The predicted octanol–water partition coefficient (Wildman–Crippen LogP) is 3.56. The third-order valence-corrected chi connectivity index (χ3v) is 6.13. The Bertz CT molecular complexity index is 933. The van der Waals surface area contributed by atoms with E-state index in [0.29, 0.717) is 24.6 Å². The van der Waals surface area contributed by atoms with Gasteiger partial charge in [-0.1, -0.05) is 51.1 Å². The standard InChI is InChI=1S/C23H25N5/c1-4-28-10-9-20-19(12-28)21(17-7-5-16(6-8-17)15(2)3)18(11-24)22(27)23(20,13-25)14-26/h5-9,15,19,21H,4,10,12,27H2,1-3H3/t19-,21+/m1/s1. The summed E-state index contributed by atoms with van der Waals surface area (Å²) >= 11 is 0. The maximum absolute atomic E-state index is 9.93. The highest BCUT2D eigenvalue weighted by atomic mass is 15.1. The largest absolute Gasteiger partial charge is 0.399 e. The van der Waals surface area contributed by atoms with Gasteiger partial charge in [-0.15, -0.1) is 0 Å². The van der Waals surface area contributed by atoms with Crippen LogP contribution in [0.25, 0.3) is 0 Å². The van der Waals surface area contributed by atoms with Crippen LogP contribution in [0.2, 0.25) is 0 Å². The van der Waals surface area contributed by atoms with E-state index in [1.165, 1.54) is 5.56 Å². The first-order valence-corrected chi connectivity index (χ1v) is 9.68. The molecule has 5 nitrogen and oxygen atoms in total. The highest BCUT2D eigenvalue weighted by molar-refractivity contribution is 5.58. The predicted molar refractivity (Wildman–Crippen MR) is 107 cm³/mol. The lowest BCUT2D eigenvalue weighted by Crippen LogP contribution is -2.47. The summed E-state index contributed by atoms with van der Waals surface area (Å²) in [5.41, 5.74) is 8.19. The molecule has 0 amide bonds. The van der Waals surface area contributed by atoms with E-state index >= 15 is 0 Å². The van der Waals surface area contributed by atoms with Crippen molar-refractivity contribution in [1.82, 2.24) is 4.90 Å². The summed E-state index contributed by atoms with van der Waals surface area (Å²) in [5, 5.41) is 29.7. The number of nitrogens with two attached hydrogens (primary N) is 1. The second-order valence-electron chi connectivity index (χ2n) is 7.83. The second kappa shape index (κ2) is 7.51. The molecule has 1 aliphatic carbocycles. The van der Waals surface area contributed by atoms with Gasteiger partial charge in [-0.25, -0.2) is 0 Å². The lowest BCUT2D eigenvalue weighted by molar-refractivity contribution is 0.234. The van der Waals surface area contributed by atoms with Crippen LogP contribution in [0.3, 0.4) is 0 Å². The van der Waals surface area contributed by atoms with Crippen molar-refractivity contribution in [2.24, 2.45) is 17.1 Å². The summed E-state index contributed by atoms with van der Waals surface area (Å²) < 4.78 is 0. The number of nitrogens with zero attached hydrogens (tertiary/aromatic N) is 4. The zero-order valence-corrected chi connectivity index (χ0v) is 16.6. The van der Waals surface area contributed by atoms with Crippen LogP contribution in [-0.2, 0) is 0 Å². The van der Waals surface area contributed by atoms with Crippen molar-refractivity contribution in [3.05, 3.63) is 58.3 Å². The molecule has 0 saturated carbocycles. The van der Waals surface area contributed by atoms with Gasteiger partial charge in [-0.2, -0.15) is 15.8 Å². The Morgan fingerprint density at radius 1 is 1.18 bits per heavy atom. The van der Waals surface area contributed by atoms with Gasteiger partial charge >= 0.3 is 0 Å². The van der Waals surface area contributed by atoms with Gasteiger partial charge in [0.2, 0.25) is 5.41 Å². The number of rotatable bonds is 3. The van der Waals surface area contributed by atoms with Crippen LogP contribution in [0.15, 0.2) is 47.2 Å². The maximum atomic E-state index is 9.93. The molecule has 0 bridgehead atoms. The third-order valence-electron chi connectivity index (χ3n) is 6.13. The molecule has 0 unspecified atom stereocenters. The normalized spacial score (nSPS) is 24.0. The highest BCUT2D eigenvalue weighted by Gasteiger charge is 2.52. The summed E-state index contributed by atoms with van der Waals surface area (Å²) in [6.45, 7) is 8.62.